The van der Waals surface area contributed by atoms with Gasteiger partial charge in [-0.15, -0.1) is 0 Å². The van der Waals surface area contributed by atoms with Crippen molar-refractivity contribution in [3.63, 3.8) is 0 Å². The van der Waals surface area contributed by atoms with Crippen molar-refractivity contribution in [1.29, 1.82) is 5.26 Å². The van der Waals surface area contributed by atoms with E-state index in [0.717, 1.165) is 18.5 Å². The Morgan fingerprint density at radius 3 is 2.96 bits per heavy atom. The van der Waals surface area contributed by atoms with Crippen molar-refractivity contribution in [2.75, 3.05) is 0 Å². The van der Waals surface area contributed by atoms with Crippen LogP contribution in [0.25, 0.3) is 10.9 Å². The number of aromatic amines is 1. The number of pyridine rings is 2. The molecule has 0 saturated carbocycles. The first-order valence-electron chi connectivity index (χ1n) is 7.23. The maximum absolute atomic E-state index is 12.5. The van der Waals surface area contributed by atoms with Crippen LogP contribution in [0.1, 0.15) is 30.4 Å². The molecule has 23 heavy (non-hydrogen) atoms. The Kier molecular flexibility index (Phi) is 3.81. The monoisotopic (exact) mass is 310 g/mol. The summed E-state index contributed by atoms with van der Waals surface area (Å²) in [6, 6.07) is 6.55. The zero-order valence-corrected chi connectivity index (χ0v) is 12.5. The third-order valence-electron chi connectivity index (χ3n) is 3.54. The highest BCUT2D eigenvalue weighted by Gasteiger charge is 2.10. The third-order valence-corrected chi connectivity index (χ3v) is 3.54. The molecule has 3 aromatic rings. The quantitative estimate of drug-likeness (QED) is 0.787. The van der Waals surface area contributed by atoms with Crippen molar-refractivity contribution in [2.45, 2.75) is 26.3 Å². The molecule has 0 aromatic carbocycles. The zero-order chi connectivity index (χ0) is 16.4. The van der Waals surface area contributed by atoms with Gasteiger partial charge in [-0.25, -0.2) is 0 Å². The van der Waals surface area contributed by atoms with E-state index in [2.05, 4.69) is 17.1 Å². The molecule has 0 aliphatic rings. The molecule has 0 amide bonds. The number of nitrogens with one attached hydrogen (secondary N) is 1. The summed E-state index contributed by atoms with van der Waals surface area (Å²) in [7, 11) is 0. The predicted molar refractivity (Wildman–Crippen MR) is 83.1 cm³/mol. The van der Waals surface area contributed by atoms with Crippen molar-refractivity contribution >= 4 is 10.9 Å². The minimum atomic E-state index is -0.503. The zero-order valence-electron chi connectivity index (χ0n) is 12.5. The van der Waals surface area contributed by atoms with Crippen LogP contribution in [0.5, 0.6) is 0 Å². The van der Waals surface area contributed by atoms with E-state index in [9.17, 15) is 9.59 Å². The molecule has 0 fully saturated rings. The van der Waals surface area contributed by atoms with Gasteiger partial charge in [0.1, 0.15) is 11.6 Å². The van der Waals surface area contributed by atoms with Crippen LogP contribution in [0.3, 0.4) is 0 Å². The molecule has 0 saturated heterocycles. The maximum atomic E-state index is 12.5. The molecule has 0 unspecified atom stereocenters. The molecule has 7 heteroatoms. The van der Waals surface area contributed by atoms with E-state index < -0.39 is 5.56 Å². The molecule has 3 heterocycles. The summed E-state index contributed by atoms with van der Waals surface area (Å²) in [6.07, 6.45) is 3.36. The molecule has 0 aliphatic carbocycles. The average Bonchev–Trinajstić information content (AvgIpc) is 2.97. The fourth-order valence-corrected chi connectivity index (χ4v) is 2.42. The number of nitrogens with zero attached hydrogens (tertiary/aromatic N) is 3. The van der Waals surface area contributed by atoms with Crippen LogP contribution in [0, 0.1) is 11.3 Å². The van der Waals surface area contributed by atoms with Gasteiger partial charge in [-0.1, -0.05) is 18.5 Å². The van der Waals surface area contributed by atoms with Gasteiger partial charge in [-0.05, 0) is 18.6 Å². The van der Waals surface area contributed by atoms with Gasteiger partial charge in [-0.2, -0.15) is 5.26 Å². The van der Waals surface area contributed by atoms with Crippen LogP contribution in [0.4, 0.5) is 0 Å². The Hall–Kier alpha value is -3.14. The topological polar surface area (TPSA) is 105 Å². The van der Waals surface area contributed by atoms with Gasteiger partial charge in [-0.3, -0.25) is 9.59 Å². The fraction of sp³-hybridized carbons (Fsp3) is 0.250. The Balaban J connectivity index is 2.03. The third kappa shape index (κ3) is 2.79. The highest BCUT2D eigenvalue weighted by molar-refractivity contribution is 5.78. The normalized spacial score (nSPS) is 10.8. The minimum absolute atomic E-state index is 0.0859. The van der Waals surface area contributed by atoms with Crippen LogP contribution < -0.4 is 11.1 Å². The summed E-state index contributed by atoms with van der Waals surface area (Å²) in [5.41, 5.74) is 0.365. The number of nitriles is 1. The number of hydrogen-bond acceptors (Lipinski definition) is 5. The van der Waals surface area contributed by atoms with Gasteiger partial charge < -0.3 is 14.1 Å². The number of hydrogen-bond donors (Lipinski definition) is 1. The van der Waals surface area contributed by atoms with Crippen LogP contribution >= 0.6 is 0 Å². The number of rotatable bonds is 4. The molecular formula is C16H14N4O3. The molecule has 3 rings (SSSR count). The van der Waals surface area contributed by atoms with E-state index in [1.54, 1.807) is 18.3 Å². The molecule has 0 radical (unpaired) electrons. The van der Waals surface area contributed by atoms with E-state index in [4.69, 9.17) is 9.78 Å². The lowest BCUT2D eigenvalue weighted by atomic mass is 10.2. The average molecular weight is 310 g/mol. The number of H-pyrrole nitrogens is 1. The summed E-state index contributed by atoms with van der Waals surface area (Å²) in [4.78, 5) is 26.7. The lowest BCUT2D eigenvalue weighted by molar-refractivity contribution is 0.369. The summed E-state index contributed by atoms with van der Waals surface area (Å²) < 4.78 is 6.69. The second-order valence-electron chi connectivity index (χ2n) is 5.23. The number of aryl methyl sites for hydroxylation is 1. The van der Waals surface area contributed by atoms with Gasteiger partial charge >= 0.3 is 0 Å². The first kappa shape index (κ1) is 14.8. The molecule has 0 bridgehead atoms. The van der Waals surface area contributed by atoms with Crippen molar-refractivity contribution < 1.29 is 4.52 Å². The number of aromatic nitrogens is 3. The van der Waals surface area contributed by atoms with Crippen molar-refractivity contribution in [1.82, 2.24) is 14.7 Å². The second kappa shape index (κ2) is 5.93. The Bertz CT molecular complexity index is 1020. The molecule has 116 valence electrons. The lowest BCUT2D eigenvalue weighted by Crippen LogP contribution is -2.22. The standard InChI is InChI=1S/C16H14N4O3/c1-2-3-11-7-12(23-19-11)9-20-5-4-14-13(16(20)22)6-10(8-17)15(21)18-14/h4-7H,2-3,9H2,1H3,(H,18,21). The molecule has 0 aliphatic heterocycles. The molecule has 3 aromatic heterocycles. The maximum Gasteiger partial charge on any atom is 0.266 e. The lowest BCUT2D eigenvalue weighted by Gasteiger charge is -2.05. The van der Waals surface area contributed by atoms with Crippen LogP contribution in [-0.2, 0) is 13.0 Å². The van der Waals surface area contributed by atoms with E-state index in [1.165, 1.54) is 10.6 Å². The highest BCUT2D eigenvalue weighted by atomic mass is 16.5. The van der Waals surface area contributed by atoms with Crippen LogP contribution in [0.15, 0.2) is 38.5 Å². The summed E-state index contributed by atoms with van der Waals surface area (Å²) in [5.74, 6) is 0.583. The molecule has 0 atom stereocenters. The smallest absolute Gasteiger partial charge is 0.266 e. The number of fused-ring (bicyclic) bond motifs is 1. The summed E-state index contributed by atoms with van der Waals surface area (Å²) in [5, 5.41) is 13.2. The van der Waals surface area contributed by atoms with Crippen molar-refractivity contribution in [3.05, 3.63) is 62.1 Å². The Labute approximate surface area is 130 Å². The Morgan fingerprint density at radius 2 is 2.22 bits per heavy atom. The largest absolute Gasteiger partial charge is 0.359 e. The van der Waals surface area contributed by atoms with E-state index >= 15 is 0 Å². The van der Waals surface area contributed by atoms with Gasteiger partial charge in [0.2, 0.25) is 0 Å². The van der Waals surface area contributed by atoms with Gasteiger partial charge in [0.15, 0.2) is 5.76 Å². The summed E-state index contributed by atoms with van der Waals surface area (Å²) in [6.45, 7) is 2.29. The highest BCUT2D eigenvalue weighted by Crippen LogP contribution is 2.09. The SMILES string of the molecule is CCCc1cc(Cn2ccc3[nH]c(=O)c(C#N)cc3c2=O)on1. The Morgan fingerprint density at radius 1 is 1.39 bits per heavy atom. The molecule has 1 N–H and O–H groups in total. The minimum Gasteiger partial charge on any atom is -0.359 e. The van der Waals surface area contributed by atoms with E-state index in [0.29, 0.717) is 11.3 Å². The van der Waals surface area contributed by atoms with E-state index in [1.807, 2.05) is 6.07 Å². The fourth-order valence-electron chi connectivity index (χ4n) is 2.42. The van der Waals surface area contributed by atoms with Crippen LogP contribution in [-0.4, -0.2) is 14.7 Å². The molecule has 0 spiro atoms. The van der Waals surface area contributed by atoms with Gasteiger partial charge in [0.05, 0.1) is 23.1 Å². The first-order valence-corrected chi connectivity index (χ1v) is 7.23. The molecular weight excluding hydrogens is 296 g/mol. The van der Waals surface area contributed by atoms with Crippen molar-refractivity contribution in [2.24, 2.45) is 0 Å². The van der Waals surface area contributed by atoms with Crippen LogP contribution in [0.2, 0.25) is 0 Å². The van der Waals surface area contributed by atoms with Crippen molar-refractivity contribution in [3.8, 4) is 6.07 Å². The van der Waals surface area contributed by atoms with Gasteiger partial charge in [0.25, 0.3) is 11.1 Å². The first-order chi connectivity index (χ1) is 11.1. The summed E-state index contributed by atoms with van der Waals surface area (Å²) >= 11 is 0. The van der Waals surface area contributed by atoms with Gasteiger partial charge in [0, 0.05) is 12.3 Å². The van der Waals surface area contributed by atoms with E-state index in [-0.39, 0.29) is 23.1 Å². The predicted octanol–water partition coefficient (Wildman–Crippen LogP) is 1.55. The molecule has 7 nitrogen and oxygen atoms in total. The second-order valence-corrected chi connectivity index (χ2v) is 5.23.